The van der Waals surface area contributed by atoms with Crippen molar-refractivity contribution in [3.05, 3.63) is 77.1 Å². The van der Waals surface area contributed by atoms with Gasteiger partial charge in [0.25, 0.3) is 5.91 Å². The van der Waals surface area contributed by atoms with Crippen LogP contribution in [0.5, 0.6) is 0 Å². The molecule has 26 heavy (non-hydrogen) atoms. The Hall–Kier alpha value is -3.25. The topological polar surface area (TPSA) is 84.5 Å². The van der Waals surface area contributed by atoms with Crippen molar-refractivity contribution >= 4 is 40.9 Å². The molecular weight excluding hydrogens is 356 g/mol. The lowest BCUT2D eigenvalue weighted by Gasteiger charge is -2.11. The van der Waals surface area contributed by atoms with Crippen molar-refractivity contribution in [2.75, 3.05) is 10.6 Å². The van der Waals surface area contributed by atoms with Gasteiger partial charge in [0.05, 0.1) is 17.6 Å². The Labute approximate surface area is 154 Å². The van der Waals surface area contributed by atoms with Gasteiger partial charge in [-0.2, -0.15) is 0 Å². The largest absolute Gasteiger partial charge is 0.462 e. The van der Waals surface area contributed by atoms with E-state index < -0.39 is 5.91 Å². The van der Waals surface area contributed by atoms with Crippen molar-refractivity contribution in [3.63, 3.8) is 0 Å². The van der Waals surface area contributed by atoms with Crippen molar-refractivity contribution in [2.45, 2.75) is 6.92 Å². The number of aryl methyl sites for hydroxylation is 1. The van der Waals surface area contributed by atoms with E-state index in [4.69, 9.17) is 20.4 Å². The maximum atomic E-state index is 12.2. The van der Waals surface area contributed by atoms with Gasteiger partial charge in [-0.3, -0.25) is 9.59 Å². The molecule has 6 nitrogen and oxygen atoms in total. The van der Waals surface area contributed by atoms with Crippen LogP contribution in [0.1, 0.15) is 22.1 Å². The molecule has 2 amide bonds. The van der Waals surface area contributed by atoms with Crippen LogP contribution < -0.4 is 10.6 Å². The second-order valence-corrected chi connectivity index (χ2v) is 5.83. The molecule has 0 atom stereocenters. The van der Waals surface area contributed by atoms with Crippen molar-refractivity contribution in [3.8, 4) is 0 Å². The van der Waals surface area contributed by atoms with Crippen LogP contribution in [0.25, 0.3) is 6.08 Å². The fraction of sp³-hybridized carbons (Fsp3) is 0.0526. The number of anilines is 2. The van der Waals surface area contributed by atoms with Gasteiger partial charge in [-0.15, -0.1) is 0 Å². The molecule has 0 aliphatic carbocycles. The molecule has 2 aromatic heterocycles. The molecule has 2 N–H and O–H groups in total. The van der Waals surface area contributed by atoms with E-state index in [-0.39, 0.29) is 11.7 Å². The predicted octanol–water partition coefficient (Wildman–Crippen LogP) is 4.74. The maximum absolute atomic E-state index is 12.2. The smallest absolute Gasteiger partial charge is 0.291 e. The monoisotopic (exact) mass is 370 g/mol. The Balaban J connectivity index is 1.73. The molecule has 0 saturated heterocycles. The first-order valence-corrected chi connectivity index (χ1v) is 8.09. The van der Waals surface area contributed by atoms with E-state index in [9.17, 15) is 9.59 Å². The number of furan rings is 2. The van der Waals surface area contributed by atoms with Crippen LogP contribution in [0.4, 0.5) is 11.4 Å². The number of benzene rings is 1. The minimum absolute atomic E-state index is 0.148. The zero-order valence-corrected chi connectivity index (χ0v) is 14.5. The van der Waals surface area contributed by atoms with Crippen LogP contribution in [0.3, 0.4) is 0 Å². The molecule has 0 aliphatic rings. The fourth-order valence-electron chi connectivity index (χ4n) is 2.20. The van der Waals surface area contributed by atoms with Crippen molar-refractivity contribution < 1.29 is 18.4 Å². The Morgan fingerprint density at radius 2 is 1.92 bits per heavy atom. The summed E-state index contributed by atoms with van der Waals surface area (Å²) in [5, 5.41) is 5.77. The standard InChI is InChI=1S/C19H15ClN2O4/c1-12-4-6-14(26-12)7-9-18(23)21-15-8-5-13(20)11-16(15)22-19(24)17-3-2-10-25-17/h2-11H,1H3,(H,21,23)(H,22,24)/b9-7+. The molecule has 1 aromatic carbocycles. The highest BCUT2D eigenvalue weighted by Crippen LogP contribution is 2.26. The average molecular weight is 371 g/mol. The molecule has 7 heteroatoms. The van der Waals surface area contributed by atoms with Gasteiger partial charge in [0.1, 0.15) is 11.5 Å². The van der Waals surface area contributed by atoms with Gasteiger partial charge < -0.3 is 19.5 Å². The molecule has 132 valence electrons. The number of hydrogen-bond donors (Lipinski definition) is 2. The van der Waals surface area contributed by atoms with Gasteiger partial charge in [0.15, 0.2) is 5.76 Å². The lowest BCUT2D eigenvalue weighted by Crippen LogP contribution is -2.15. The average Bonchev–Trinajstić information content (AvgIpc) is 3.27. The number of hydrogen-bond acceptors (Lipinski definition) is 4. The zero-order chi connectivity index (χ0) is 18.5. The molecule has 0 bridgehead atoms. The number of halogens is 1. The lowest BCUT2D eigenvalue weighted by atomic mass is 10.2. The van der Waals surface area contributed by atoms with Crippen LogP contribution in [-0.4, -0.2) is 11.8 Å². The highest BCUT2D eigenvalue weighted by atomic mass is 35.5. The number of nitrogens with one attached hydrogen (secondary N) is 2. The van der Waals surface area contributed by atoms with Gasteiger partial charge in [0.2, 0.25) is 5.91 Å². The summed E-state index contributed by atoms with van der Waals surface area (Å²) in [5.74, 6) is 0.644. The van der Waals surface area contributed by atoms with Crippen LogP contribution in [-0.2, 0) is 4.79 Å². The summed E-state index contributed by atoms with van der Waals surface area (Å²) in [4.78, 5) is 24.3. The maximum Gasteiger partial charge on any atom is 0.291 e. The van der Waals surface area contributed by atoms with E-state index in [0.29, 0.717) is 22.2 Å². The lowest BCUT2D eigenvalue weighted by molar-refractivity contribution is -0.111. The van der Waals surface area contributed by atoms with Crippen molar-refractivity contribution in [1.82, 2.24) is 0 Å². The van der Waals surface area contributed by atoms with Crippen molar-refractivity contribution in [1.29, 1.82) is 0 Å². The Morgan fingerprint density at radius 3 is 2.62 bits per heavy atom. The Kier molecular flexibility index (Phi) is 5.24. The molecule has 0 radical (unpaired) electrons. The Morgan fingerprint density at radius 1 is 1.08 bits per heavy atom. The first-order chi connectivity index (χ1) is 12.5. The van der Waals surface area contributed by atoms with Crippen LogP contribution in [0.2, 0.25) is 5.02 Å². The minimum Gasteiger partial charge on any atom is -0.462 e. The van der Waals surface area contributed by atoms with Gasteiger partial charge in [-0.1, -0.05) is 11.6 Å². The summed E-state index contributed by atoms with van der Waals surface area (Å²) < 4.78 is 10.4. The molecule has 2 heterocycles. The first-order valence-electron chi connectivity index (χ1n) is 7.71. The minimum atomic E-state index is -0.450. The number of amides is 2. The molecule has 0 spiro atoms. The molecule has 0 unspecified atom stereocenters. The van der Waals surface area contributed by atoms with Gasteiger partial charge in [0, 0.05) is 11.1 Å². The molecule has 3 aromatic rings. The van der Waals surface area contributed by atoms with Crippen LogP contribution in [0, 0.1) is 6.92 Å². The molecular formula is C19H15ClN2O4. The predicted molar refractivity (Wildman–Crippen MR) is 99.2 cm³/mol. The van der Waals surface area contributed by atoms with Crippen LogP contribution >= 0.6 is 11.6 Å². The number of carbonyl (C=O) groups is 2. The highest BCUT2D eigenvalue weighted by Gasteiger charge is 2.13. The first kappa shape index (κ1) is 17.6. The SMILES string of the molecule is Cc1ccc(/C=C/C(=O)Nc2ccc(Cl)cc2NC(=O)c2ccco2)o1. The van der Waals surface area contributed by atoms with E-state index >= 15 is 0 Å². The van der Waals surface area contributed by atoms with E-state index in [0.717, 1.165) is 5.76 Å². The van der Waals surface area contributed by atoms with E-state index in [1.165, 1.54) is 24.5 Å². The Bertz CT molecular complexity index is 958. The quantitative estimate of drug-likeness (QED) is 0.635. The third-order valence-corrected chi connectivity index (χ3v) is 3.63. The molecule has 0 aliphatic heterocycles. The van der Waals surface area contributed by atoms with Crippen LogP contribution in [0.15, 0.2) is 63.6 Å². The third kappa shape index (κ3) is 4.43. The summed E-state index contributed by atoms with van der Waals surface area (Å²) in [6, 6.07) is 11.5. The second kappa shape index (κ2) is 7.76. The normalized spacial score (nSPS) is 10.8. The van der Waals surface area contributed by atoms with Gasteiger partial charge >= 0.3 is 0 Å². The van der Waals surface area contributed by atoms with E-state index in [2.05, 4.69) is 10.6 Å². The second-order valence-electron chi connectivity index (χ2n) is 5.39. The summed E-state index contributed by atoms with van der Waals surface area (Å²) >= 11 is 5.99. The number of rotatable bonds is 5. The molecule has 0 saturated carbocycles. The van der Waals surface area contributed by atoms with Gasteiger partial charge in [-0.05, 0) is 55.5 Å². The highest BCUT2D eigenvalue weighted by molar-refractivity contribution is 6.31. The third-order valence-electron chi connectivity index (χ3n) is 3.39. The van der Waals surface area contributed by atoms with Gasteiger partial charge in [-0.25, -0.2) is 0 Å². The molecule has 0 fully saturated rings. The van der Waals surface area contributed by atoms with E-state index in [1.54, 1.807) is 36.4 Å². The van der Waals surface area contributed by atoms with E-state index in [1.807, 2.05) is 6.92 Å². The zero-order valence-electron chi connectivity index (χ0n) is 13.8. The summed E-state index contributed by atoms with van der Waals surface area (Å²) in [5.41, 5.74) is 0.758. The summed E-state index contributed by atoms with van der Waals surface area (Å²) in [6.07, 6.45) is 4.29. The summed E-state index contributed by atoms with van der Waals surface area (Å²) in [7, 11) is 0. The van der Waals surface area contributed by atoms with Crippen molar-refractivity contribution in [2.24, 2.45) is 0 Å². The summed E-state index contributed by atoms with van der Waals surface area (Å²) in [6.45, 7) is 1.82. The molecule has 3 rings (SSSR count). The number of carbonyl (C=O) groups excluding carboxylic acids is 2. The fourth-order valence-corrected chi connectivity index (χ4v) is 2.37.